The summed E-state index contributed by atoms with van der Waals surface area (Å²) in [6.07, 6.45) is 19.2. The lowest BCUT2D eigenvalue weighted by molar-refractivity contribution is 0.304. The fourth-order valence-corrected chi connectivity index (χ4v) is 4.19. The minimum atomic E-state index is 0.793. The monoisotopic (exact) mass is 458 g/mol. The van der Waals surface area contributed by atoms with Crippen LogP contribution in [0.15, 0.2) is 60.9 Å². The maximum absolute atomic E-state index is 5.89. The molecule has 0 bridgehead atoms. The quantitative estimate of drug-likeness (QED) is 0.201. The number of aryl methyl sites for hydroxylation is 1. The second-order valence-electron chi connectivity index (χ2n) is 9.30. The van der Waals surface area contributed by atoms with Crippen LogP contribution in [0.2, 0.25) is 0 Å². The molecule has 0 saturated heterocycles. The van der Waals surface area contributed by atoms with Crippen molar-refractivity contribution in [2.45, 2.75) is 90.9 Å². The van der Waals surface area contributed by atoms with Gasteiger partial charge in [0, 0.05) is 18.0 Å². The standard InChI is InChI=1S/C31H42N2O/c1-3-5-7-9-10-12-14-26-24-32-31(33-25-26)29-17-15-27(16-18-29)28-19-21-30(22-20-28)34-23-13-11-8-6-4-2/h15-22,24-25H,3-14,23H2,1-2H3. The van der Waals surface area contributed by atoms with Crippen molar-refractivity contribution in [1.82, 2.24) is 9.97 Å². The van der Waals surface area contributed by atoms with Crippen molar-refractivity contribution in [2.75, 3.05) is 6.61 Å². The number of hydrogen-bond donors (Lipinski definition) is 0. The van der Waals surface area contributed by atoms with Crippen molar-refractivity contribution in [3.8, 4) is 28.3 Å². The topological polar surface area (TPSA) is 35.0 Å². The molecule has 3 rings (SSSR count). The first-order valence-corrected chi connectivity index (χ1v) is 13.4. The van der Waals surface area contributed by atoms with Crippen molar-refractivity contribution < 1.29 is 4.74 Å². The van der Waals surface area contributed by atoms with Crippen molar-refractivity contribution in [2.24, 2.45) is 0 Å². The molecule has 3 heteroatoms. The zero-order valence-electron chi connectivity index (χ0n) is 21.3. The highest BCUT2D eigenvalue weighted by atomic mass is 16.5. The molecule has 0 aliphatic carbocycles. The van der Waals surface area contributed by atoms with Crippen LogP contribution < -0.4 is 4.74 Å². The SMILES string of the molecule is CCCCCCCCc1cnc(-c2ccc(-c3ccc(OCCCCCCC)cc3)cc2)nc1. The lowest BCUT2D eigenvalue weighted by atomic mass is 10.0. The fourth-order valence-electron chi connectivity index (χ4n) is 4.19. The summed E-state index contributed by atoms with van der Waals surface area (Å²) in [5, 5.41) is 0. The molecule has 1 aromatic heterocycles. The van der Waals surface area contributed by atoms with Crippen molar-refractivity contribution >= 4 is 0 Å². The Balaban J connectivity index is 1.46. The minimum absolute atomic E-state index is 0.793. The van der Waals surface area contributed by atoms with E-state index in [4.69, 9.17) is 4.74 Å². The van der Waals surface area contributed by atoms with Crippen LogP contribution >= 0.6 is 0 Å². The summed E-state index contributed by atoms with van der Waals surface area (Å²) in [4.78, 5) is 9.23. The van der Waals surface area contributed by atoms with Crippen molar-refractivity contribution in [3.63, 3.8) is 0 Å². The van der Waals surface area contributed by atoms with E-state index in [-0.39, 0.29) is 0 Å². The van der Waals surface area contributed by atoms with Crippen LogP contribution in [0.1, 0.15) is 90.0 Å². The Hall–Kier alpha value is -2.68. The number of hydrogen-bond acceptors (Lipinski definition) is 3. The summed E-state index contributed by atoms with van der Waals surface area (Å²) in [6, 6.07) is 16.9. The minimum Gasteiger partial charge on any atom is -0.494 e. The number of benzene rings is 2. The number of nitrogens with zero attached hydrogens (tertiary/aromatic N) is 2. The summed E-state index contributed by atoms with van der Waals surface area (Å²) in [5.41, 5.74) is 4.67. The predicted octanol–water partition coefficient (Wildman–Crippen LogP) is 9.06. The Kier molecular flexibility index (Phi) is 11.6. The van der Waals surface area contributed by atoms with Gasteiger partial charge in [-0.05, 0) is 48.1 Å². The van der Waals surface area contributed by atoms with E-state index in [1.54, 1.807) is 0 Å². The second kappa shape index (κ2) is 15.3. The van der Waals surface area contributed by atoms with E-state index in [2.05, 4.69) is 72.3 Å². The smallest absolute Gasteiger partial charge is 0.159 e. The molecule has 0 radical (unpaired) electrons. The third-order valence-corrected chi connectivity index (χ3v) is 6.37. The van der Waals surface area contributed by atoms with Crippen LogP contribution in [0.25, 0.3) is 22.5 Å². The third kappa shape index (κ3) is 8.93. The van der Waals surface area contributed by atoms with Crippen LogP contribution in [0.3, 0.4) is 0 Å². The lowest BCUT2D eigenvalue weighted by Crippen LogP contribution is -1.97. The Morgan fingerprint density at radius 3 is 1.68 bits per heavy atom. The Labute approximate surface area is 207 Å². The lowest BCUT2D eigenvalue weighted by Gasteiger charge is -2.08. The molecule has 0 amide bonds. The zero-order valence-corrected chi connectivity index (χ0v) is 21.3. The maximum atomic E-state index is 5.89. The molecule has 0 saturated carbocycles. The number of unbranched alkanes of at least 4 members (excludes halogenated alkanes) is 9. The number of ether oxygens (including phenoxy) is 1. The molecule has 0 unspecified atom stereocenters. The van der Waals surface area contributed by atoms with Gasteiger partial charge in [0.25, 0.3) is 0 Å². The van der Waals surface area contributed by atoms with E-state index in [1.807, 2.05) is 12.4 Å². The van der Waals surface area contributed by atoms with Gasteiger partial charge in [0.05, 0.1) is 6.61 Å². The summed E-state index contributed by atoms with van der Waals surface area (Å²) < 4.78 is 5.89. The highest BCUT2D eigenvalue weighted by molar-refractivity contribution is 5.68. The van der Waals surface area contributed by atoms with Gasteiger partial charge in [0.15, 0.2) is 5.82 Å². The first-order valence-electron chi connectivity index (χ1n) is 13.4. The van der Waals surface area contributed by atoms with E-state index in [0.29, 0.717) is 0 Å². The number of aromatic nitrogens is 2. The van der Waals surface area contributed by atoms with Crippen LogP contribution in [-0.2, 0) is 6.42 Å². The molecule has 0 spiro atoms. The molecule has 182 valence electrons. The Morgan fingerprint density at radius 2 is 1.06 bits per heavy atom. The van der Waals surface area contributed by atoms with Crippen molar-refractivity contribution in [1.29, 1.82) is 0 Å². The molecule has 34 heavy (non-hydrogen) atoms. The van der Waals surface area contributed by atoms with Gasteiger partial charge < -0.3 is 4.74 Å². The fraction of sp³-hybridized carbons (Fsp3) is 0.484. The van der Waals surface area contributed by atoms with Crippen LogP contribution in [0.4, 0.5) is 0 Å². The average molecular weight is 459 g/mol. The maximum Gasteiger partial charge on any atom is 0.159 e. The van der Waals surface area contributed by atoms with Crippen LogP contribution in [0.5, 0.6) is 5.75 Å². The first-order chi connectivity index (χ1) is 16.8. The molecule has 0 aliphatic heterocycles. The molecule has 0 atom stereocenters. The Bertz CT molecular complexity index is 839. The van der Waals surface area contributed by atoms with E-state index in [0.717, 1.165) is 36.6 Å². The average Bonchev–Trinajstić information content (AvgIpc) is 2.89. The zero-order chi connectivity index (χ0) is 23.8. The van der Waals surface area contributed by atoms with Crippen molar-refractivity contribution in [3.05, 3.63) is 66.5 Å². The van der Waals surface area contributed by atoms with E-state index in [1.165, 1.54) is 80.9 Å². The van der Waals surface area contributed by atoms with Gasteiger partial charge in [-0.25, -0.2) is 9.97 Å². The molecular formula is C31H42N2O. The molecule has 0 fully saturated rings. The highest BCUT2D eigenvalue weighted by Crippen LogP contribution is 2.25. The van der Waals surface area contributed by atoms with E-state index >= 15 is 0 Å². The molecule has 2 aromatic carbocycles. The van der Waals surface area contributed by atoms with Gasteiger partial charge >= 0.3 is 0 Å². The molecule has 3 aromatic rings. The largest absolute Gasteiger partial charge is 0.494 e. The molecule has 3 nitrogen and oxygen atoms in total. The van der Waals surface area contributed by atoms with Gasteiger partial charge in [-0.15, -0.1) is 0 Å². The third-order valence-electron chi connectivity index (χ3n) is 6.37. The molecule has 1 heterocycles. The second-order valence-corrected chi connectivity index (χ2v) is 9.30. The highest BCUT2D eigenvalue weighted by Gasteiger charge is 2.04. The molecule has 0 N–H and O–H groups in total. The normalized spacial score (nSPS) is 11.0. The molecule has 0 aliphatic rings. The van der Waals surface area contributed by atoms with E-state index in [9.17, 15) is 0 Å². The summed E-state index contributed by atoms with van der Waals surface area (Å²) in [7, 11) is 0. The summed E-state index contributed by atoms with van der Waals surface area (Å²) >= 11 is 0. The van der Waals surface area contributed by atoms with Gasteiger partial charge in [0.1, 0.15) is 5.75 Å². The predicted molar refractivity (Wildman–Crippen MR) is 144 cm³/mol. The van der Waals surface area contributed by atoms with Crippen LogP contribution in [-0.4, -0.2) is 16.6 Å². The molecular weight excluding hydrogens is 416 g/mol. The van der Waals surface area contributed by atoms with Gasteiger partial charge in [-0.1, -0.05) is 108 Å². The summed E-state index contributed by atoms with van der Waals surface area (Å²) in [5.74, 6) is 1.74. The van der Waals surface area contributed by atoms with Gasteiger partial charge in [0.2, 0.25) is 0 Å². The summed E-state index contributed by atoms with van der Waals surface area (Å²) in [6.45, 7) is 5.31. The number of rotatable bonds is 16. The van der Waals surface area contributed by atoms with Gasteiger partial charge in [-0.3, -0.25) is 0 Å². The Morgan fingerprint density at radius 1 is 0.559 bits per heavy atom. The van der Waals surface area contributed by atoms with E-state index < -0.39 is 0 Å². The van der Waals surface area contributed by atoms with Gasteiger partial charge in [-0.2, -0.15) is 0 Å². The van der Waals surface area contributed by atoms with Crippen LogP contribution in [0, 0.1) is 0 Å². The first kappa shape index (κ1) is 25.9.